The van der Waals surface area contributed by atoms with Gasteiger partial charge < -0.3 is 14.8 Å². The number of halogens is 1. The molecule has 1 amide bonds. The number of carbonyl (C=O) groups is 1. The Balaban J connectivity index is 2.05. The van der Waals surface area contributed by atoms with Crippen LogP contribution < -0.4 is 14.8 Å². The highest BCUT2D eigenvalue weighted by Crippen LogP contribution is 2.30. The molecule has 2 aromatic carbocycles. The van der Waals surface area contributed by atoms with Crippen molar-refractivity contribution < 1.29 is 14.3 Å². The van der Waals surface area contributed by atoms with Gasteiger partial charge in [-0.1, -0.05) is 68.8 Å². The Hall–Kier alpha value is -2.97. The number of para-hydroxylation sites is 1. The van der Waals surface area contributed by atoms with E-state index in [2.05, 4.69) is 12.2 Å². The number of nitriles is 1. The molecule has 2 aromatic rings. The molecule has 6 heteroatoms. The minimum atomic E-state index is -0.526. The zero-order chi connectivity index (χ0) is 23.2. The molecule has 32 heavy (non-hydrogen) atoms. The number of unbranched alkanes of at least 4 members (excludes halogenated alkanes) is 5. The number of amides is 1. The average molecular weight is 455 g/mol. The second-order valence-electron chi connectivity index (χ2n) is 7.36. The van der Waals surface area contributed by atoms with E-state index in [1.165, 1.54) is 31.8 Å². The first-order valence-corrected chi connectivity index (χ1v) is 11.5. The Labute approximate surface area is 196 Å². The molecule has 2 rings (SSSR count). The number of benzene rings is 2. The molecule has 5 nitrogen and oxygen atoms in total. The molecule has 0 aliphatic heterocycles. The molecular formula is C26H31ClN2O3. The minimum absolute atomic E-state index is 0.0342. The van der Waals surface area contributed by atoms with E-state index in [0.717, 1.165) is 12.8 Å². The van der Waals surface area contributed by atoms with Crippen molar-refractivity contribution in [3.05, 3.63) is 58.6 Å². The fourth-order valence-electron chi connectivity index (χ4n) is 3.13. The van der Waals surface area contributed by atoms with E-state index in [-0.39, 0.29) is 5.57 Å². The standard InChI is InChI=1S/C26H31ClN2O3/c1-3-5-6-7-8-11-16-32-24-15-14-20(18-25(24)31-4-2)17-21(19-28)26(30)29-23-13-10-9-12-22(23)27/h9-10,12-15,17-18H,3-8,11,16H2,1-2H3,(H,29,30)/b21-17+. The summed E-state index contributed by atoms with van der Waals surface area (Å²) in [5, 5.41) is 12.6. The third kappa shape index (κ3) is 8.28. The summed E-state index contributed by atoms with van der Waals surface area (Å²) < 4.78 is 11.6. The van der Waals surface area contributed by atoms with Gasteiger partial charge in [-0.05, 0) is 49.2 Å². The number of hydrogen-bond donors (Lipinski definition) is 1. The molecule has 0 aromatic heterocycles. The smallest absolute Gasteiger partial charge is 0.266 e. The summed E-state index contributed by atoms with van der Waals surface area (Å²) in [5.41, 5.74) is 1.09. The summed E-state index contributed by atoms with van der Waals surface area (Å²) in [5.74, 6) is 0.731. The number of nitrogens with one attached hydrogen (secondary N) is 1. The van der Waals surface area contributed by atoms with E-state index in [9.17, 15) is 10.1 Å². The van der Waals surface area contributed by atoms with Crippen LogP contribution in [-0.4, -0.2) is 19.1 Å². The van der Waals surface area contributed by atoms with Crippen molar-refractivity contribution in [1.82, 2.24) is 0 Å². The monoisotopic (exact) mass is 454 g/mol. The van der Waals surface area contributed by atoms with E-state index >= 15 is 0 Å². The molecule has 0 aliphatic rings. The van der Waals surface area contributed by atoms with Crippen LogP contribution in [0.5, 0.6) is 11.5 Å². The molecule has 170 valence electrons. The third-order valence-electron chi connectivity index (χ3n) is 4.82. The predicted molar refractivity (Wildman–Crippen MR) is 130 cm³/mol. The normalized spacial score (nSPS) is 11.0. The quantitative estimate of drug-likeness (QED) is 0.200. The van der Waals surface area contributed by atoms with Crippen molar-refractivity contribution in [3.8, 4) is 17.6 Å². The van der Waals surface area contributed by atoms with Crippen molar-refractivity contribution in [1.29, 1.82) is 5.26 Å². The van der Waals surface area contributed by atoms with Crippen LogP contribution in [0.4, 0.5) is 5.69 Å². The van der Waals surface area contributed by atoms with Crippen LogP contribution in [0.1, 0.15) is 57.9 Å². The molecule has 0 fully saturated rings. The maximum absolute atomic E-state index is 12.5. The van der Waals surface area contributed by atoms with Crippen LogP contribution >= 0.6 is 11.6 Å². The summed E-state index contributed by atoms with van der Waals surface area (Å²) in [6.07, 6.45) is 8.69. The minimum Gasteiger partial charge on any atom is -0.490 e. The van der Waals surface area contributed by atoms with Crippen LogP contribution in [0, 0.1) is 11.3 Å². The van der Waals surface area contributed by atoms with E-state index in [1.807, 2.05) is 19.1 Å². The topological polar surface area (TPSA) is 71.3 Å². The van der Waals surface area contributed by atoms with Gasteiger partial charge in [0.2, 0.25) is 0 Å². The third-order valence-corrected chi connectivity index (χ3v) is 5.15. The number of rotatable bonds is 13. The molecule has 0 unspecified atom stereocenters. The van der Waals surface area contributed by atoms with E-state index in [0.29, 0.717) is 41.0 Å². The summed E-state index contributed by atoms with van der Waals surface area (Å²) in [6, 6.07) is 14.2. The van der Waals surface area contributed by atoms with Crippen LogP contribution in [-0.2, 0) is 4.79 Å². The van der Waals surface area contributed by atoms with Crippen molar-refractivity contribution in [3.63, 3.8) is 0 Å². The first kappa shape index (κ1) is 25.3. The van der Waals surface area contributed by atoms with E-state index in [4.69, 9.17) is 21.1 Å². The predicted octanol–water partition coefficient (Wildman–Crippen LogP) is 7.02. The van der Waals surface area contributed by atoms with Gasteiger partial charge in [0.15, 0.2) is 11.5 Å². The summed E-state index contributed by atoms with van der Waals surface area (Å²) in [4.78, 5) is 12.5. The molecule has 0 aliphatic carbocycles. The maximum Gasteiger partial charge on any atom is 0.266 e. The highest BCUT2D eigenvalue weighted by Gasteiger charge is 2.12. The molecule has 0 bridgehead atoms. The van der Waals surface area contributed by atoms with Gasteiger partial charge in [0.1, 0.15) is 11.6 Å². The zero-order valence-electron chi connectivity index (χ0n) is 18.8. The second kappa shape index (κ2) is 14.2. The van der Waals surface area contributed by atoms with E-state index in [1.54, 1.807) is 36.4 Å². The second-order valence-corrected chi connectivity index (χ2v) is 7.77. The fourth-order valence-corrected chi connectivity index (χ4v) is 3.32. The largest absolute Gasteiger partial charge is 0.490 e. The first-order chi connectivity index (χ1) is 15.6. The lowest BCUT2D eigenvalue weighted by molar-refractivity contribution is -0.112. The van der Waals surface area contributed by atoms with Crippen LogP contribution in [0.3, 0.4) is 0 Å². The highest BCUT2D eigenvalue weighted by molar-refractivity contribution is 6.34. The Morgan fingerprint density at radius 1 is 1.03 bits per heavy atom. The van der Waals surface area contributed by atoms with Gasteiger partial charge >= 0.3 is 0 Å². The van der Waals surface area contributed by atoms with Crippen LogP contribution in [0.25, 0.3) is 6.08 Å². The highest BCUT2D eigenvalue weighted by atomic mass is 35.5. The van der Waals surface area contributed by atoms with Gasteiger partial charge in [-0.15, -0.1) is 0 Å². The summed E-state index contributed by atoms with van der Waals surface area (Å²) in [7, 11) is 0. The molecule has 1 N–H and O–H groups in total. The Morgan fingerprint density at radius 2 is 1.78 bits per heavy atom. The van der Waals surface area contributed by atoms with Crippen molar-refractivity contribution >= 4 is 29.3 Å². The SMILES string of the molecule is CCCCCCCCOc1ccc(/C=C(\C#N)C(=O)Nc2ccccc2Cl)cc1OCC. The van der Waals surface area contributed by atoms with Gasteiger partial charge in [0.05, 0.1) is 23.9 Å². The number of ether oxygens (including phenoxy) is 2. The summed E-state index contributed by atoms with van der Waals surface area (Å²) in [6.45, 7) is 5.23. The van der Waals surface area contributed by atoms with Gasteiger partial charge in [0.25, 0.3) is 5.91 Å². The number of carbonyl (C=O) groups excluding carboxylic acids is 1. The average Bonchev–Trinajstić information content (AvgIpc) is 2.79. The zero-order valence-corrected chi connectivity index (χ0v) is 19.6. The lowest BCUT2D eigenvalue weighted by Crippen LogP contribution is -2.13. The first-order valence-electron chi connectivity index (χ1n) is 11.2. The van der Waals surface area contributed by atoms with Crippen molar-refractivity contribution in [2.24, 2.45) is 0 Å². The molecule has 0 radical (unpaired) electrons. The maximum atomic E-state index is 12.5. The molecular weight excluding hydrogens is 424 g/mol. The van der Waals surface area contributed by atoms with Gasteiger partial charge in [-0.3, -0.25) is 4.79 Å². The number of nitrogens with zero attached hydrogens (tertiary/aromatic N) is 1. The summed E-state index contributed by atoms with van der Waals surface area (Å²) >= 11 is 6.09. The number of anilines is 1. The Bertz CT molecular complexity index is 950. The van der Waals surface area contributed by atoms with Crippen LogP contribution in [0.2, 0.25) is 5.02 Å². The van der Waals surface area contributed by atoms with Crippen LogP contribution in [0.15, 0.2) is 48.0 Å². The van der Waals surface area contributed by atoms with E-state index < -0.39 is 5.91 Å². The molecule has 0 saturated carbocycles. The van der Waals surface area contributed by atoms with Crippen molar-refractivity contribution in [2.75, 3.05) is 18.5 Å². The lowest BCUT2D eigenvalue weighted by atomic mass is 10.1. The van der Waals surface area contributed by atoms with Gasteiger partial charge in [0, 0.05) is 0 Å². The Morgan fingerprint density at radius 3 is 2.50 bits per heavy atom. The van der Waals surface area contributed by atoms with Gasteiger partial charge in [-0.2, -0.15) is 5.26 Å². The molecule has 0 spiro atoms. The molecule has 0 saturated heterocycles. The molecule has 0 atom stereocenters. The Kier molecular flexibility index (Phi) is 11.2. The molecule has 0 heterocycles. The number of hydrogen-bond acceptors (Lipinski definition) is 4. The van der Waals surface area contributed by atoms with Crippen molar-refractivity contribution in [2.45, 2.75) is 52.4 Å². The van der Waals surface area contributed by atoms with Gasteiger partial charge in [-0.25, -0.2) is 0 Å². The fraction of sp³-hybridized carbons (Fsp3) is 0.385. The lowest BCUT2D eigenvalue weighted by Gasteiger charge is -2.13.